The van der Waals surface area contributed by atoms with Gasteiger partial charge in [0.2, 0.25) is 0 Å². The third kappa shape index (κ3) is 2.79. The van der Waals surface area contributed by atoms with Crippen molar-refractivity contribution in [2.75, 3.05) is 20.8 Å². The normalized spacial score (nSPS) is 26.6. The largest absolute Gasteiger partial charge is 0.487 e. The summed E-state index contributed by atoms with van der Waals surface area (Å²) in [5.41, 5.74) is 0.949. The highest BCUT2D eigenvalue weighted by Crippen LogP contribution is 2.41. The molecule has 0 fully saturated rings. The maximum atomic E-state index is 6.13. The first kappa shape index (κ1) is 13.7. The van der Waals surface area contributed by atoms with Crippen molar-refractivity contribution < 1.29 is 9.47 Å². The number of halogens is 1. The standard InChI is InChI=1S/C14H20ClNO2/c1-14(6-7-17-3)9-12(16-2)11-8-10(15)4-5-13(11)18-14/h4-5,8,12,16H,6-7,9H2,1-3H3. The maximum Gasteiger partial charge on any atom is 0.125 e. The lowest BCUT2D eigenvalue weighted by molar-refractivity contribution is 0.0179. The monoisotopic (exact) mass is 269 g/mol. The second-order valence-corrected chi connectivity index (χ2v) is 5.46. The molecule has 3 nitrogen and oxygen atoms in total. The van der Waals surface area contributed by atoms with Crippen LogP contribution >= 0.6 is 11.6 Å². The van der Waals surface area contributed by atoms with E-state index in [4.69, 9.17) is 21.1 Å². The highest BCUT2D eigenvalue weighted by molar-refractivity contribution is 6.30. The van der Waals surface area contributed by atoms with Gasteiger partial charge in [0.05, 0.1) is 0 Å². The molecule has 4 heteroatoms. The van der Waals surface area contributed by atoms with Crippen LogP contribution in [-0.2, 0) is 4.74 Å². The van der Waals surface area contributed by atoms with E-state index in [9.17, 15) is 0 Å². The van der Waals surface area contributed by atoms with Crippen LogP contribution in [0.5, 0.6) is 5.75 Å². The molecule has 0 spiro atoms. The summed E-state index contributed by atoms with van der Waals surface area (Å²) in [6, 6.07) is 6.07. The van der Waals surface area contributed by atoms with Crippen LogP contribution in [0.25, 0.3) is 0 Å². The molecule has 0 radical (unpaired) electrons. The second kappa shape index (κ2) is 5.47. The predicted molar refractivity (Wildman–Crippen MR) is 73.4 cm³/mol. The number of ether oxygens (including phenoxy) is 2. The Labute approximate surface area is 113 Å². The summed E-state index contributed by atoms with van der Waals surface area (Å²) >= 11 is 6.05. The van der Waals surface area contributed by atoms with Gasteiger partial charge < -0.3 is 14.8 Å². The fourth-order valence-corrected chi connectivity index (χ4v) is 2.64. The molecule has 1 aliphatic heterocycles. The van der Waals surface area contributed by atoms with Crippen LogP contribution < -0.4 is 10.1 Å². The molecule has 1 N–H and O–H groups in total. The van der Waals surface area contributed by atoms with E-state index in [0.29, 0.717) is 6.61 Å². The van der Waals surface area contributed by atoms with Crippen LogP contribution in [0.4, 0.5) is 0 Å². The third-order valence-corrected chi connectivity index (χ3v) is 3.76. The second-order valence-electron chi connectivity index (χ2n) is 5.02. The van der Waals surface area contributed by atoms with Crippen molar-refractivity contribution in [2.24, 2.45) is 0 Å². The summed E-state index contributed by atoms with van der Waals surface area (Å²) in [4.78, 5) is 0. The molecule has 0 saturated carbocycles. The minimum absolute atomic E-state index is 0.190. The van der Waals surface area contributed by atoms with Crippen LogP contribution in [0.1, 0.15) is 31.4 Å². The van der Waals surface area contributed by atoms with Gasteiger partial charge in [0, 0.05) is 43.2 Å². The van der Waals surface area contributed by atoms with Crippen molar-refractivity contribution in [1.29, 1.82) is 0 Å². The SMILES string of the molecule is CNC1CC(C)(CCOC)Oc2ccc(Cl)cc21. The Morgan fingerprint density at radius 1 is 1.56 bits per heavy atom. The van der Waals surface area contributed by atoms with Gasteiger partial charge in [-0.1, -0.05) is 11.6 Å². The van der Waals surface area contributed by atoms with Crippen molar-refractivity contribution in [3.63, 3.8) is 0 Å². The van der Waals surface area contributed by atoms with E-state index in [1.807, 2.05) is 25.2 Å². The molecular weight excluding hydrogens is 250 g/mol. The van der Waals surface area contributed by atoms with E-state index >= 15 is 0 Å². The van der Waals surface area contributed by atoms with Crippen LogP contribution in [0, 0.1) is 0 Å². The van der Waals surface area contributed by atoms with E-state index in [1.165, 1.54) is 0 Å². The quantitative estimate of drug-likeness (QED) is 0.911. The van der Waals surface area contributed by atoms with Crippen LogP contribution in [0.2, 0.25) is 5.02 Å². The van der Waals surface area contributed by atoms with Gasteiger partial charge in [0.1, 0.15) is 11.4 Å². The summed E-state index contributed by atoms with van der Waals surface area (Å²) in [7, 11) is 3.69. The topological polar surface area (TPSA) is 30.5 Å². The number of nitrogens with one attached hydrogen (secondary N) is 1. The molecule has 1 heterocycles. The zero-order valence-electron chi connectivity index (χ0n) is 11.1. The summed E-state index contributed by atoms with van der Waals surface area (Å²) in [5.74, 6) is 0.920. The molecule has 18 heavy (non-hydrogen) atoms. The van der Waals surface area contributed by atoms with E-state index < -0.39 is 0 Å². The van der Waals surface area contributed by atoms with Gasteiger partial charge in [-0.25, -0.2) is 0 Å². The first-order valence-electron chi connectivity index (χ1n) is 6.22. The number of fused-ring (bicyclic) bond motifs is 1. The number of methoxy groups -OCH3 is 1. The molecule has 0 aliphatic carbocycles. The Bertz CT molecular complexity index is 424. The Hall–Kier alpha value is -0.770. The molecule has 100 valence electrons. The lowest BCUT2D eigenvalue weighted by Crippen LogP contribution is -2.42. The van der Waals surface area contributed by atoms with Crippen molar-refractivity contribution in [3.8, 4) is 5.75 Å². The van der Waals surface area contributed by atoms with Gasteiger partial charge in [-0.15, -0.1) is 0 Å². The molecule has 2 rings (SSSR count). The molecule has 2 unspecified atom stereocenters. The summed E-state index contributed by atoms with van der Waals surface area (Å²) < 4.78 is 11.3. The van der Waals surface area contributed by atoms with Gasteiger partial charge in [0.15, 0.2) is 0 Å². The third-order valence-electron chi connectivity index (χ3n) is 3.52. The van der Waals surface area contributed by atoms with Gasteiger partial charge in [-0.05, 0) is 32.2 Å². The van der Waals surface area contributed by atoms with E-state index in [0.717, 1.165) is 29.2 Å². The van der Waals surface area contributed by atoms with Crippen LogP contribution in [0.15, 0.2) is 18.2 Å². The summed E-state index contributed by atoms with van der Waals surface area (Å²) in [6.45, 7) is 2.84. The average Bonchev–Trinajstić information content (AvgIpc) is 2.36. The fraction of sp³-hybridized carbons (Fsp3) is 0.571. The lowest BCUT2D eigenvalue weighted by atomic mass is 9.86. The maximum absolute atomic E-state index is 6.13. The lowest BCUT2D eigenvalue weighted by Gasteiger charge is -2.40. The highest BCUT2D eigenvalue weighted by atomic mass is 35.5. The fourth-order valence-electron chi connectivity index (χ4n) is 2.46. The van der Waals surface area contributed by atoms with Gasteiger partial charge >= 0.3 is 0 Å². The van der Waals surface area contributed by atoms with Gasteiger partial charge in [0.25, 0.3) is 0 Å². The zero-order valence-corrected chi connectivity index (χ0v) is 11.9. The van der Waals surface area contributed by atoms with E-state index in [-0.39, 0.29) is 11.6 Å². The molecule has 0 saturated heterocycles. The highest BCUT2D eigenvalue weighted by Gasteiger charge is 2.36. The predicted octanol–water partition coefficient (Wildman–Crippen LogP) is 3.18. The Kier molecular flexibility index (Phi) is 4.15. The Morgan fingerprint density at radius 2 is 2.33 bits per heavy atom. The van der Waals surface area contributed by atoms with Crippen LogP contribution in [-0.4, -0.2) is 26.4 Å². The van der Waals surface area contributed by atoms with Gasteiger partial charge in [-0.3, -0.25) is 0 Å². The Balaban J connectivity index is 2.27. The first-order valence-corrected chi connectivity index (χ1v) is 6.60. The van der Waals surface area contributed by atoms with Crippen molar-refractivity contribution in [3.05, 3.63) is 28.8 Å². The van der Waals surface area contributed by atoms with Crippen molar-refractivity contribution in [1.82, 2.24) is 5.32 Å². The summed E-state index contributed by atoms with van der Waals surface area (Å²) in [5, 5.41) is 4.09. The smallest absolute Gasteiger partial charge is 0.125 e. The van der Waals surface area contributed by atoms with E-state index in [1.54, 1.807) is 7.11 Å². The molecule has 1 aromatic rings. The van der Waals surface area contributed by atoms with Gasteiger partial charge in [-0.2, -0.15) is 0 Å². The van der Waals surface area contributed by atoms with Crippen LogP contribution in [0.3, 0.4) is 0 Å². The minimum Gasteiger partial charge on any atom is -0.487 e. The Morgan fingerprint density at radius 3 is 3.00 bits per heavy atom. The molecule has 2 atom stereocenters. The number of benzene rings is 1. The molecule has 0 aromatic heterocycles. The molecular formula is C14H20ClNO2. The zero-order chi connectivity index (χ0) is 13.2. The van der Waals surface area contributed by atoms with Crippen molar-refractivity contribution >= 4 is 11.6 Å². The molecule has 0 bridgehead atoms. The molecule has 1 aliphatic rings. The number of rotatable bonds is 4. The van der Waals surface area contributed by atoms with Crippen molar-refractivity contribution in [2.45, 2.75) is 31.4 Å². The molecule has 1 aromatic carbocycles. The first-order chi connectivity index (χ1) is 8.58. The number of hydrogen-bond donors (Lipinski definition) is 1. The average molecular weight is 270 g/mol. The van der Waals surface area contributed by atoms with E-state index in [2.05, 4.69) is 12.2 Å². The number of hydrogen-bond acceptors (Lipinski definition) is 3. The molecule has 0 amide bonds. The summed E-state index contributed by atoms with van der Waals surface area (Å²) in [6.07, 6.45) is 1.80. The minimum atomic E-state index is -0.190.